The zero-order valence-corrected chi connectivity index (χ0v) is 34.0. The van der Waals surface area contributed by atoms with Crippen LogP contribution in [0.5, 0.6) is 0 Å². The second-order valence-electron chi connectivity index (χ2n) is 16.1. The molecule has 2 heterocycles. The summed E-state index contributed by atoms with van der Waals surface area (Å²) in [5, 5.41) is 2.57. The van der Waals surface area contributed by atoms with Crippen molar-refractivity contribution in [3.8, 4) is 11.1 Å². The van der Waals surface area contributed by atoms with Gasteiger partial charge in [0.15, 0.2) is 0 Å². The van der Waals surface area contributed by atoms with Gasteiger partial charge < -0.3 is 19.6 Å². The van der Waals surface area contributed by atoms with Crippen molar-refractivity contribution in [3.63, 3.8) is 0 Å². The molecule has 0 bridgehead atoms. The molecule has 0 aromatic heterocycles. The van der Waals surface area contributed by atoms with Crippen LogP contribution in [0.15, 0.2) is 248 Å². The lowest BCUT2D eigenvalue weighted by molar-refractivity contribution is 0.738. The van der Waals surface area contributed by atoms with E-state index < -0.39 is 0 Å². The zero-order chi connectivity index (χ0) is 41.0. The molecular weight excluding hydrogens is 753 g/mol. The quantitative estimate of drug-likeness (QED) is 0.152. The number of nitrogens with zero attached hydrogens (tertiary/aromatic N) is 4. The molecule has 0 radical (unpaired) electrons. The summed E-state index contributed by atoms with van der Waals surface area (Å²) in [6, 6.07) is 81.1. The molecule has 0 amide bonds. The van der Waals surface area contributed by atoms with Crippen molar-refractivity contribution in [2.24, 2.45) is 0 Å². The maximum absolute atomic E-state index is 2.59. The van der Waals surface area contributed by atoms with Crippen LogP contribution in [0.25, 0.3) is 21.9 Å². The van der Waals surface area contributed by atoms with Gasteiger partial charge in [-0.3, -0.25) is 0 Å². The molecule has 9 aromatic carbocycles. The Morgan fingerprint density at radius 1 is 0.387 bits per heavy atom. The fourth-order valence-corrected chi connectivity index (χ4v) is 10.0. The van der Waals surface area contributed by atoms with Crippen LogP contribution < -0.4 is 19.6 Å². The third-order valence-corrected chi connectivity index (χ3v) is 12.6. The first-order valence-electron chi connectivity index (χ1n) is 21.4. The predicted molar refractivity (Wildman–Crippen MR) is 260 cm³/mol. The second kappa shape index (κ2) is 14.9. The summed E-state index contributed by atoms with van der Waals surface area (Å²) in [5.74, 6) is 0.130. The van der Waals surface area contributed by atoms with E-state index in [1.54, 1.807) is 0 Å². The van der Waals surface area contributed by atoms with Gasteiger partial charge in [0.1, 0.15) is 0 Å². The maximum atomic E-state index is 2.59. The molecule has 2 aliphatic heterocycles. The Morgan fingerprint density at radius 2 is 0.919 bits per heavy atom. The molecule has 1 aliphatic carbocycles. The van der Waals surface area contributed by atoms with Crippen LogP contribution in [0.4, 0.5) is 56.9 Å². The Balaban J connectivity index is 1.08. The van der Waals surface area contributed by atoms with E-state index in [1.807, 2.05) is 0 Å². The summed E-state index contributed by atoms with van der Waals surface area (Å²) < 4.78 is 0. The van der Waals surface area contributed by atoms with Crippen LogP contribution in [-0.4, -0.2) is 6.04 Å². The SMILES string of the molecule is C1=CC2c3c(cc4c5c(cccc35)N(c3ccccc3)c3cc(N(c5ccccc5)c5ccccc5)ccc3-4)N(c3ccccc3)C2C=C1N(c1ccccc1)c1ccccc1. The van der Waals surface area contributed by atoms with E-state index in [2.05, 4.69) is 262 Å². The van der Waals surface area contributed by atoms with E-state index in [4.69, 9.17) is 0 Å². The summed E-state index contributed by atoms with van der Waals surface area (Å²) in [5.41, 5.74) is 16.5. The van der Waals surface area contributed by atoms with Crippen molar-refractivity contribution in [2.45, 2.75) is 12.0 Å². The van der Waals surface area contributed by atoms with Gasteiger partial charge in [-0.1, -0.05) is 133 Å². The molecule has 0 spiro atoms. The highest BCUT2D eigenvalue weighted by atomic mass is 15.2. The van der Waals surface area contributed by atoms with Crippen molar-refractivity contribution in [3.05, 3.63) is 254 Å². The molecule has 2 unspecified atom stereocenters. The van der Waals surface area contributed by atoms with Gasteiger partial charge >= 0.3 is 0 Å². The molecule has 4 heteroatoms. The monoisotopic (exact) mass is 794 g/mol. The minimum absolute atomic E-state index is 0.0440. The third kappa shape index (κ3) is 5.83. The molecule has 9 aromatic rings. The number of benzene rings is 9. The van der Waals surface area contributed by atoms with Gasteiger partial charge in [-0.15, -0.1) is 0 Å². The average Bonchev–Trinajstić information content (AvgIpc) is 3.67. The summed E-state index contributed by atoms with van der Waals surface area (Å²) in [6.45, 7) is 0. The highest BCUT2D eigenvalue weighted by Crippen LogP contribution is 2.59. The fourth-order valence-electron chi connectivity index (χ4n) is 10.0. The number of rotatable bonds is 8. The first kappa shape index (κ1) is 35.8. The van der Waals surface area contributed by atoms with Gasteiger partial charge in [-0.05, 0) is 126 Å². The van der Waals surface area contributed by atoms with Gasteiger partial charge in [0.2, 0.25) is 0 Å². The van der Waals surface area contributed by atoms with E-state index in [0.717, 1.165) is 45.5 Å². The Hall–Kier alpha value is -8.08. The fraction of sp³-hybridized carbons (Fsp3) is 0.0345. The van der Waals surface area contributed by atoms with E-state index >= 15 is 0 Å². The molecule has 62 heavy (non-hydrogen) atoms. The van der Waals surface area contributed by atoms with Crippen LogP contribution in [0.3, 0.4) is 0 Å². The predicted octanol–water partition coefficient (Wildman–Crippen LogP) is 15.7. The van der Waals surface area contributed by atoms with Crippen LogP contribution in [0.2, 0.25) is 0 Å². The summed E-state index contributed by atoms with van der Waals surface area (Å²) in [7, 11) is 0. The minimum Gasteiger partial charge on any atom is -0.333 e. The number of allylic oxidation sites excluding steroid dienone is 1. The normalized spacial score (nSPS) is 15.7. The van der Waals surface area contributed by atoms with Gasteiger partial charge in [-0.25, -0.2) is 0 Å². The van der Waals surface area contributed by atoms with Crippen molar-refractivity contribution in [1.29, 1.82) is 0 Å². The average molecular weight is 795 g/mol. The largest absolute Gasteiger partial charge is 0.333 e. The van der Waals surface area contributed by atoms with E-state index in [0.29, 0.717) is 0 Å². The summed E-state index contributed by atoms with van der Waals surface area (Å²) in [4.78, 5) is 9.80. The molecule has 0 N–H and O–H groups in total. The van der Waals surface area contributed by atoms with Crippen LogP contribution in [0.1, 0.15) is 11.5 Å². The third-order valence-electron chi connectivity index (χ3n) is 12.6. The Morgan fingerprint density at radius 3 is 1.50 bits per heavy atom. The van der Waals surface area contributed by atoms with E-state index in [-0.39, 0.29) is 12.0 Å². The molecule has 4 nitrogen and oxygen atoms in total. The van der Waals surface area contributed by atoms with Crippen molar-refractivity contribution < 1.29 is 0 Å². The highest BCUT2D eigenvalue weighted by molar-refractivity contribution is 6.17. The first-order chi connectivity index (χ1) is 30.8. The van der Waals surface area contributed by atoms with E-state index in [9.17, 15) is 0 Å². The molecule has 0 saturated carbocycles. The van der Waals surface area contributed by atoms with Gasteiger partial charge in [0.25, 0.3) is 0 Å². The lowest BCUT2D eigenvalue weighted by Crippen LogP contribution is -2.31. The lowest BCUT2D eigenvalue weighted by atomic mass is 9.83. The molecule has 2 atom stereocenters. The van der Waals surface area contributed by atoms with Crippen LogP contribution in [0, 0.1) is 0 Å². The minimum atomic E-state index is 0.0440. The number of anilines is 10. The Kier molecular flexibility index (Phi) is 8.60. The number of para-hydroxylation sites is 6. The molecule has 3 aliphatic rings. The van der Waals surface area contributed by atoms with Crippen molar-refractivity contribution >= 4 is 67.6 Å². The van der Waals surface area contributed by atoms with Crippen molar-refractivity contribution in [1.82, 2.24) is 0 Å². The standard InChI is InChI=1S/C58H42N4/c1-7-20-41(21-8-1)59(42-22-9-2-10-23-42)47-34-36-49-52-40-56-57(51-32-19-33-53(58(51)52)61(54(49)38-47)45-28-15-5-16-29-45)50-37-35-48(39-55(50)62(56)46-30-17-6-18-31-46)60(43-24-11-3-12-25-43)44-26-13-4-14-27-44/h1-40,50,55H. The van der Waals surface area contributed by atoms with Gasteiger partial charge in [0.05, 0.1) is 17.4 Å². The van der Waals surface area contributed by atoms with Gasteiger partial charge in [0, 0.05) is 68.1 Å². The highest BCUT2D eigenvalue weighted by Gasteiger charge is 2.42. The van der Waals surface area contributed by atoms with Crippen molar-refractivity contribution in [2.75, 3.05) is 19.6 Å². The zero-order valence-electron chi connectivity index (χ0n) is 34.0. The maximum Gasteiger partial charge on any atom is 0.0649 e. The summed E-state index contributed by atoms with van der Waals surface area (Å²) in [6.07, 6.45) is 7.29. The second-order valence-corrected chi connectivity index (χ2v) is 16.1. The molecule has 294 valence electrons. The van der Waals surface area contributed by atoms with Gasteiger partial charge in [-0.2, -0.15) is 0 Å². The Labute approximate surface area is 362 Å². The van der Waals surface area contributed by atoms with Crippen LogP contribution >= 0.6 is 0 Å². The van der Waals surface area contributed by atoms with E-state index in [1.165, 1.54) is 44.5 Å². The molecule has 0 saturated heterocycles. The van der Waals surface area contributed by atoms with Crippen LogP contribution in [-0.2, 0) is 0 Å². The lowest BCUT2D eigenvalue weighted by Gasteiger charge is -2.36. The molecule has 0 fully saturated rings. The first-order valence-corrected chi connectivity index (χ1v) is 21.4. The number of hydrogen-bond donors (Lipinski definition) is 0. The molecule has 12 rings (SSSR count). The smallest absolute Gasteiger partial charge is 0.0649 e. The molecular formula is C58H42N4. The summed E-state index contributed by atoms with van der Waals surface area (Å²) >= 11 is 0. The Bertz CT molecular complexity index is 3050. The number of fused-ring (bicyclic) bond motifs is 6. The topological polar surface area (TPSA) is 13.0 Å². The number of hydrogen-bond acceptors (Lipinski definition) is 4.